The van der Waals surface area contributed by atoms with E-state index in [9.17, 15) is 0 Å². The first-order chi connectivity index (χ1) is 7.80. The Morgan fingerprint density at radius 3 is 2.88 bits per heavy atom. The van der Waals surface area contributed by atoms with Gasteiger partial charge in [0.05, 0.1) is 12.8 Å². The lowest BCUT2D eigenvalue weighted by atomic mass is 10.1. The molecule has 0 radical (unpaired) electrons. The maximum absolute atomic E-state index is 5.62. The van der Waals surface area contributed by atoms with E-state index in [1.165, 1.54) is 0 Å². The highest BCUT2D eigenvalue weighted by atomic mass is 16.5. The lowest BCUT2D eigenvalue weighted by Gasteiger charge is -2.10. The van der Waals surface area contributed by atoms with Crippen molar-refractivity contribution in [1.82, 2.24) is 4.98 Å². The molecule has 3 N–H and O–H groups in total. The highest BCUT2D eigenvalue weighted by Gasteiger charge is 2.07. The number of aromatic nitrogens is 1. The third-order valence-corrected chi connectivity index (χ3v) is 2.55. The molecule has 0 saturated heterocycles. The van der Waals surface area contributed by atoms with Crippen molar-refractivity contribution in [2.24, 2.45) is 5.73 Å². The molecule has 1 aromatic carbocycles. The number of anilines is 1. The maximum Gasteiger partial charge on any atom is 0.145 e. The molecule has 4 heteroatoms. The van der Waals surface area contributed by atoms with Gasteiger partial charge in [0, 0.05) is 24.7 Å². The summed E-state index contributed by atoms with van der Waals surface area (Å²) in [7, 11) is 3.53. The second kappa shape index (κ2) is 4.37. The van der Waals surface area contributed by atoms with Crippen LogP contribution < -0.4 is 15.8 Å². The normalized spacial score (nSPS) is 10.4. The Morgan fingerprint density at radius 1 is 1.44 bits per heavy atom. The van der Waals surface area contributed by atoms with Crippen molar-refractivity contribution in [3.05, 3.63) is 30.0 Å². The number of benzene rings is 1. The SMILES string of the molecule is CNc1cc(CN)nc2c(OC)cccc12. The van der Waals surface area contributed by atoms with Gasteiger partial charge in [-0.3, -0.25) is 0 Å². The van der Waals surface area contributed by atoms with Gasteiger partial charge in [-0.15, -0.1) is 0 Å². The summed E-state index contributed by atoms with van der Waals surface area (Å²) in [5.74, 6) is 0.768. The van der Waals surface area contributed by atoms with E-state index >= 15 is 0 Å². The minimum atomic E-state index is 0.419. The number of nitrogens with two attached hydrogens (primary N) is 1. The molecule has 0 spiro atoms. The number of nitrogens with zero attached hydrogens (tertiary/aromatic N) is 1. The zero-order chi connectivity index (χ0) is 11.5. The molecule has 0 aliphatic carbocycles. The molecule has 0 bridgehead atoms. The minimum absolute atomic E-state index is 0.419. The summed E-state index contributed by atoms with van der Waals surface area (Å²) in [4.78, 5) is 4.48. The van der Waals surface area contributed by atoms with Gasteiger partial charge >= 0.3 is 0 Å². The van der Waals surface area contributed by atoms with E-state index in [0.29, 0.717) is 6.54 Å². The molecule has 0 fully saturated rings. The van der Waals surface area contributed by atoms with Gasteiger partial charge in [-0.05, 0) is 12.1 Å². The zero-order valence-electron chi connectivity index (χ0n) is 9.45. The monoisotopic (exact) mass is 217 g/mol. The van der Waals surface area contributed by atoms with Crippen molar-refractivity contribution in [3.63, 3.8) is 0 Å². The van der Waals surface area contributed by atoms with Crippen molar-refractivity contribution >= 4 is 16.6 Å². The number of pyridine rings is 1. The summed E-state index contributed by atoms with van der Waals surface area (Å²) in [5.41, 5.74) is 8.34. The molecule has 2 aromatic rings. The summed E-state index contributed by atoms with van der Waals surface area (Å²) in [6, 6.07) is 7.82. The molecule has 4 nitrogen and oxygen atoms in total. The molecule has 0 atom stereocenters. The van der Waals surface area contributed by atoms with Crippen molar-refractivity contribution in [2.75, 3.05) is 19.5 Å². The Hall–Kier alpha value is -1.81. The summed E-state index contributed by atoms with van der Waals surface area (Å²) >= 11 is 0. The van der Waals surface area contributed by atoms with Crippen LogP contribution in [0.2, 0.25) is 0 Å². The lowest BCUT2D eigenvalue weighted by molar-refractivity contribution is 0.419. The number of hydrogen-bond acceptors (Lipinski definition) is 4. The van der Waals surface area contributed by atoms with Crippen LogP contribution in [-0.2, 0) is 6.54 Å². The van der Waals surface area contributed by atoms with Crippen LogP contribution in [0, 0.1) is 0 Å². The van der Waals surface area contributed by atoms with Crippen molar-refractivity contribution < 1.29 is 4.74 Å². The summed E-state index contributed by atoms with van der Waals surface area (Å²) in [6.07, 6.45) is 0. The molecule has 0 unspecified atom stereocenters. The lowest BCUT2D eigenvalue weighted by Crippen LogP contribution is -2.02. The zero-order valence-corrected chi connectivity index (χ0v) is 9.45. The van der Waals surface area contributed by atoms with E-state index in [2.05, 4.69) is 10.3 Å². The van der Waals surface area contributed by atoms with Crippen LogP contribution in [0.25, 0.3) is 10.9 Å². The number of fused-ring (bicyclic) bond motifs is 1. The Balaban J connectivity index is 2.78. The fourth-order valence-electron chi connectivity index (χ4n) is 1.75. The number of rotatable bonds is 3. The van der Waals surface area contributed by atoms with Crippen LogP contribution in [0.3, 0.4) is 0 Å². The molecule has 16 heavy (non-hydrogen) atoms. The molecule has 0 aliphatic rings. The average Bonchev–Trinajstić information content (AvgIpc) is 2.36. The van der Waals surface area contributed by atoms with Gasteiger partial charge in [-0.1, -0.05) is 12.1 Å². The number of para-hydroxylation sites is 1. The van der Waals surface area contributed by atoms with E-state index in [1.54, 1.807) is 7.11 Å². The van der Waals surface area contributed by atoms with Gasteiger partial charge in [-0.25, -0.2) is 4.98 Å². The smallest absolute Gasteiger partial charge is 0.145 e. The van der Waals surface area contributed by atoms with Crippen LogP contribution in [0.5, 0.6) is 5.75 Å². The van der Waals surface area contributed by atoms with E-state index in [0.717, 1.165) is 28.0 Å². The molecule has 0 aliphatic heterocycles. The van der Waals surface area contributed by atoms with Gasteiger partial charge in [-0.2, -0.15) is 0 Å². The van der Waals surface area contributed by atoms with E-state index in [4.69, 9.17) is 10.5 Å². The molecule has 1 heterocycles. The first kappa shape index (κ1) is 10.7. The van der Waals surface area contributed by atoms with Crippen molar-refractivity contribution in [2.45, 2.75) is 6.54 Å². The second-order valence-corrected chi connectivity index (χ2v) is 3.47. The summed E-state index contributed by atoms with van der Waals surface area (Å²) in [5, 5.41) is 4.19. The Kier molecular flexibility index (Phi) is 2.92. The Morgan fingerprint density at radius 2 is 2.25 bits per heavy atom. The van der Waals surface area contributed by atoms with Crippen LogP contribution in [0.1, 0.15) is 5.69 Å². The maximum atomic E-state index is 5.62. The Labute approximate surface area is 94.4 Å². The van der Waals surface area contributed by atoms with Gasteiger partial charge in [0.1, 0.15) is 11.3 Å². The van der Waals surface area contributed by atoms with Crippen LogP contribution in [0.4, 0.5) is 5.69 Å². The summed E-state index contributed by atoms with van der Waals surface area (Å²) in [6.45, 7) is 0.419. The van der Waals surface area contributed by atoms with E-state index in [-0.39, 0.29) is 0 Å². The number of nitrogens with one attached hydrogen (secondary N) is 1. The van der Waals surface area contributed by atoms with Crippen LogP contribution in [0.15, 0.2) is 24.3 Å². The van der Waals surface area contributed by atoms with Gasteiger partial charge in [0.25, 0.3) is 0 Å². The molecular formula is C12H15N3O. The van der Waals surface area contributed by atoms with Crippen LogP contribution >= 0.6 is 0 Å². The van der Waals surface area contributed by atoms with Crippen LogP contribution in [-0.4, -0.2) is 19.1 Å². The largest absolute Gasteiger partial charge is 0.494 e. The Bertz CT molecular complexity index is 511. The molecule has 0 amide bonds. The van der Waals surface area contributed by atoms with Crippen molar-refractivity contribution in [1.29, 1.82) is 0 Å². The van der Waals surface area contributed by atoms with Gasteiger partial charge < -0.3 is 15.8 Å². The van der Waals surface area contributed by atoms with E-state index < -0.39 is 0 Å². The minimum Gasteiger partial charge on any atom is -0.494 e. The number of ether oxygens (including phenoxy) is 1. The van der Waals surface area contributed by atoms with Gasteiger partial charge in [0.2, 0.25) is 0 Å². The first-order valence-corrected chi connectivity index (χ1v) is 5.14. The molecule has 0 saturated carbocycles. The summed E-state index contributed by atoms with van der Waals surface area (Å²) < 4.78 is 5.30. The highest BCUT2D eigenvalue weighted by molar-refractivity contribution is 5.95. The average molecular weight is 217 g/mol. The topological polar surface area (TPSA) is 60.2 Å². The fraction of sp³-hybridized carbons (Fsp3) is 0.250. The molecule has 2 rings (SSSR count). The van der Waals surface area contributed by atoms with E-state index in [1.807, 2.05) is 31.3 Å². The third kappa shape index (κ3) is 1.67. The number of hydrogen-bond donors (Lipinski definition) is 2. The van der Waals surface area contributed by atoms with Crippen molar-refractivity contribution in [3.8, 4) is 5.75 Å². The highest BCUT2D eigenvalue weighted by Crippen LogP contribution is 2.29. The molecular weight excluding hydrogens is 202 g/mol. The second-order valence-electron chi connectivity index (χ2n) is 3.47. The predicted molar refractivity (Wildman–Crippen MR) is 65.7 cm³/mol. The molecule has 84 valence electrons. The first-order valence-electron chi connectivity index (χ1n) is 5.14. The molecule has 1 aromatic heterocycles. The standard InChI is InChI=1S/C12H15N3O/c1-14-10-6-8(7-13)15-12-9(10)4-3-5-11(12)16-2/h3-6H,7,13H2,1-2H3,(H,14,15). The third-order valence-electron chi connectivity index (χ3n) is 2.55. The predicted octanol–water partition coefficient (Wildman–Crippen LogP) is 1.74. The number of methoxy groups -OCH3 is 1. The quantitative estimate of drug-likeness (QED) is 0.822. The fourth-order valence-corrected chi connectivity index (χ4v) is 1.75. The van der Waals surface area contributed by atoms with Gasteiger partial charge in [0.15, 0.2) is 0 Å².